The number of carbonyl (C=O) groups is 1. The van der Waals surface area contributed by atoms with Crippen molar-refractivity contribution in [2.24, 2.45) is 0 Å². The van der Waals surface area contributed by atoms with Crippen molar-refractivity contribution in [2.45, 2.75) is 25.8 Å². The van der Waals surface area contributed by atoms with Crippen molar-refractivity contribution in [1.82, 2.24) is 9.88 Å². The fourth-order valence-electron chi connectivity index (χ4n) is 1.73. The molecule has 0 spiro atoms. The van der Waals surface area contributed by atoms with Crippen molar-refractivity contribution in [1.29, 1.82) is 0 Å². The Kier molecular flexibility index (Phi) is 3.14. The summed E-state index contributed by atoms with van der Waals surface area (Å²) >= 11 is 3.30. The van der Waals surface area contributed by atoms with E-state index >= 15 is 0 Å². The van der Waals surface area contributed by atoms with Crippen LogP contribution in [-0.2, 0) is 0 Å². The second-order valence-corrected chi connectivity index (χ2v) is 4.82. The van der Waals surface area contributed by atoms with Gasteiger partial charge in [-0.15, -0.1) is 0 Å². The van der Waals surface area contributed by atoms with Gasteiger partial charge in [-0.3, -0.25) is 4.79 Å². The molecule has 0 atom stereocenters. The Hall–Kier alpha value is -1.10. The molecule has 1 amide bonds. The van der Waals surface area contributed by atoms with Gasteiger partial charge in [0.05, 0.1) is 5.56 Å². The predicted octanol–water partition coefficient (Wildman–Crippen LogP) is 2.05. The number of halogens is 1. The topological polar surface area (TPSA) is 59.2 Å². The Bertz CT molecular complexity index is 418. The molecule has 0 aliphatic heterocycles. The van der Waals surface area contributed by atoms with Crippen molar-refractivity contribution in [3.8, 4) is 0 Å². The Morgan fingerprint density at radius 3 is 2.94 bits per heavy atom. The minimum atomic E-state index is -0.0173. The number of carbonyl (C=O) groups excluding carboxylic acids is 1. The standard InChI is InChI=1S/C11H14BrN3O/c1-2-15(8-3-4-8)11(16)9-5-7(12)6-14-10(9)13/h5-6,8H,2-4H2,1H3,(H2,13,14). The Morgan fingerprint density at radius 1 is 1.69 bits per heavy atom. The minimum Gasteiger partial charge on any atom is -0.383 e. The largest absolute Gasteiger partial charge is 0.383 e. The van der Waals surface area contributed by atoms with Gasteiger partial charge in [-0.05, 0) is 41.8 Å². The van der Waals surface area contributed by atoms with E-state index in [9.17, 15) is 4.79 Å². The number of aromatic nitrogens is 1. The normalized spacial score (nSPS) is 14.9. The van der Waals surface area contributed by atoms with Crippen molar-refractivity contribution in [2.75, 3.05) is 12.3 Å². The highest BCUT2D eigenvalue weighted by atomic mass is 79.9. The maximum atomic E-state index is 12.2. The van der Waals surface area contributed by atoms with E-state index in [1.165, 1.54) is 0 Å². The van der Waals surface area contributed by atoms with Crippen LogP contribution in [0, 0.1) is 0 Å². The minimum absolute atomic E-state index is 0.0173. The van der Waals surface area contributed by atoms with Gasteiger partial charge in [0.25, 0.3) is 5.91 Å². The molecule has 1 aromatic heterocycles. The van der Waals surface area contributed by atoms with E-state index in [0.29, 0.717) is 17.4 Å². The smallest absolute Gasteiger partial charge is 0.257 e. The first-order chi connectivity index (χ1) is 7.63. The lowest BCUT2D eigenvalue weighted by Gasteiger charge is -2.20. The van der Waals surface area contributed by atoms with Crippen molar-refractivity contribution in [3.05, 3.63) is 22.3 Å². The number of nitrogens with zero attached hydrogens (tertiary/aromatic N) is 2. The van der Waals surface area contributed by atoms with Crippen LogP contribution in [0.1, 0.15) is 30.1 Å². The first-order valence-corrected chi connectivity index (χ1v) is 6.14. The molecule has 2 rings (SSSR count). The molecule has 4 nitrogen and oxygen atoms in total. The summed E-state index contributed by atoms with van der Waals surface area (Å²) in [5.41, 5.74) is 6.21. The molecule has 0 aromatic carbocycles. The summed E-state index contributed by atoms with van der Waals surface area (Å²) in [6.07, 6.45) is 3.79. The lowest BCUT2D eigenvalue weighted by atomic mass is 10.2. The van der Waals surface area contributed by atoms with Crippen LogP contribution in [0.2, 0.25) is 0 Å². The van der Waals surface area contributed by atoms with Gasteiger partial charge in [0.1, 0.15) is 5.82 Å². The first-order valence-electron chi connectivity index (χ1n) is 5.35. The van der Waals surface area contributed by atoms with E-state index in [-0.39, 0.29) is 5.91 Å². The zero-order chi connectivity index (χ0) is 11.7. The van der Waals surface area contributed by atoms with Crippen molar-refractivity contribution in [3.63, 3.8) is 0 Å². The van der Waals surface area contributed by atoms with Crippen LogP contribution in [0.4, 0.5) is 5.82 Å². The van der Waals surface area contributed by atoms with Crippen LogP contribution in [0.25, 0.3) is 0 Å². The van der Waals surface area contributed by atoms with Crippen molar-refractivity contribution < 1.29 is 4.79 Å². The third-order valence-electron chi connectivity index (χ3n) is 2.70. The highest BCUT2D eigenvalue weighted by molar-refractivity contribution is 9.10. The lowest BCUT2D eigenvalue weighted by molar-refractivity contribution is 0.0753. The Balaban J connectivity index is 2.28. The molecule has 2 N–H and O–H groups in total. The van der Waals surface area contributed by atoms with E-state index in [4.69, 9.17) is 5.73 Å². The van der Waals surface area contributed by atoms with E-state index < -0.39 is 0 Å². The maximum absolute atomic E-state index is 12.2. The highest BCUT2D eigenvalue weighted by Gasteiger charge is 2.32. The molecule has 1 aromatic rings. The summed E-state index contributed by atoms with van der Waals surface area (Å²) in [6, 6.07) is 2.13. The molecule has 0 unspecified atom stereocenters. The molecule has 1 heterocycles. The number of hydrogen-bond acceptors (Lipinski definition) is 3. The molecule has 86 valence electrons. The zero-order valence-electron chi connectivity index (χ0n) is 9.11. The summed E-state index contributed by atoms with van der Waals surface area (Å²) in [6.45, 7) is 2.70. The fourth-order valence-corrected chi connectivity index (χ4v) is 2.06. The number of amides is 1. The van der Waals surface area contributed by atoms with E-state index in [2.05, 4.69) is 20.9 Å². The fraction of sp³-hybridized carbons (Fsp3) is 0.455. The third kappa shape index (κ3) is 2.19. The summed E-state index contributed by atoms with van der Waals surface area (Å²) in [7, 11) is 0. The molecule has 1 aliphatic rings. The molecule has 0 radical (unpaired) electrons. The van der Waals surface area contributed by atoms with Gasteiger partial charge in [-0.2, -0.15) is 0 Å². The average molecular weight is 284 g/mol. The third-order valence-corrected chi connectivity index (χ3v) is 3.14. The molecule has 1 saturated carbocycles. The van der Waals surface area contributed by atoms with Gasteiger partial charge in [-0.1, -0.05) is 0 Å². The first kappa shape index (κ1) is 11.4. The Labute approximate surface area is 103 Å². The number of anilines is 1. The van der Waals surface area contributed by atoms with E-state index in [1.54, 1.807) is 12.3 Å². The molecule has 5 heteroatoms. The molecular formula is C11H14BrN3O. The van der Waals surface area contributed by atoms with Crippen LogP contribution in [0.5, 0.6) is 0 Å². The van der Waals surface area contributed by atoms with E-state index in [0.717, 1.165) is 23.9 Å². The SMILES string of the molecule is CCN(C(=O)c1cc(Br)cnc1N)C1CC1. The van der Waals surface area contributed by atoms with Crippen LogP contribution in [0.15, 0.2) is 16.7 Å². The number of rotatable bonds is 3. The van der Waals surface area contributed by atoms with Crippen molar-refractivity contribution >= 4 is 27.7 Å². The molecule has 16 heavy (non-hydrogen) atoms. The second kappa shape index (κ2) is 4.41. The van der Waals surface area contributed by atoms with Gasteiger partial charge >= 0.3 is 0 Å². The molecular weight excluding hydrogens is 270 g/mol. The van der Waals surface area contributed by atoms with E-state index in [1.807, 2.05) is 11.8 Å². The molecule has 1 fully saturated rings. The van der Waals surface area contributed by atoms with Gasteiger partial charge in [0, 0.05) is 23.3 Å². The summed E-state index contributed by atoms with van der Waals surface area (Å²) in [4.78, 5) is 18.1. The molecule has 0 bridgehead atoms. The van der Waals surface area contributed by atoms with Crippen LogP contribution in [0.3, 0.4) is 0 Å². The van der Waals surface area contributed by atoms with Crippen LogP contribution < -0.4 is 5.73 Å². The molecule has 0 saturated heterocycles. The number of pyridine rings is 1. The van der Waals surface area contributed by atoms with Gasteiger partial charge in [0.15, 0.2) is 0 Å². The summed E-state index contributed by atoms with van der Waals surface area (Å²) in [5, 5.41) is 0. The van der Waals surface area contributed by atoms with Gasteiger partial charge in [-0.25, -0.2) is 4.98 Å². The quantitative estimate of drug-likeness (QED) is 0.924. The maximum Gasteiger partial charge on any atom is 0.257 e. The number of nitrogens with two attached hydrogens (primary N) is 1. The highest BCUT2D eigenvalue weighted by Crippen LogP contribution is 2.29. The van der Waals surface area contributed by atoms with Crippen LogP contribution >= 0.6 is 15.9 Å². The number of hydrogen-bond donors (Lipinski definition) is 1. The predicted molar refractivity (Wildman–Crippen MR) is 66.1 cm³/mol. The van der Waals surface area contributed by atoms with Gasteiger partial charge < -0.3 is 10.6 Å². The second-order valence-electron chi connectivity index (χ2n) is 3.91. The monoisotopic (exact) mass is 283 g/mol. The number of nitrogen functional groups attached to an aromatic ring is 1. The Morgan fingerprint density at radius 2 is 2.38 bits per heavy atom. The summed E-state index contributed by atoms with van der Waals surface area (Å²) in [5.74, 6) is 0.281. The zero-order valence-corrected chi connectivity index (χ0v) is 10.7. The van der Waals surface area contributed by atoms with Gasteiger partial charge in [0.2, 0.25) is 0 Å². The molecule has 1 aliphatic carbocycles. The average Bonchev–Trinajstić information content (AvgIpc) is 3.07. The summed E-state index contributed by atoms with van der Waals surface area (Å²) < 4.78 is 0.775. The lowest BCUT2D eigenvalue weighted by Crippen LogP contribution is -2.33. The van der Waals surface area contributed by atoms with Crippen LogP contribution in [-0.4, -0.2) is 28.4 Å².